The number of aromatic nitrogens is 3. The van der Waals surface area contributed by atoms with Crippen molar-refractivity contribution in [2.45, 2.75) is 12.6 Å². The second-order valence-corrected chi connectivity index (χ2v) is 5.42. The van der Waals surface area contributed by atoms with Gasteiger partial charge in [-0.1, -0.05) is 18.2 Å². The molecule has 6 heteroatoms. The monoisotopic (exact) mass is 324 g/mol. The van der Waals surface area contributed by atoms with E-state index in [1.54, 1.807) is 18.6 Å². The van der Waals surface area contributed by atoms with Crippen LogP contribution >= 0.6 is 0 Å². The lowest BCUT2D eigenvalue weighted by molar-refractivity contribution is 0.106. The van der Waals surface area contributed by atoms with Crippen molar-refractivity contribution in [3.8, 4) is 17.0 Å². The molecule has 1 unspecified atom stereocenters. The molecule has 2 heterocycles. The number of H-pyrrole nitrogens is 1. The Balaban J connectivity index is 1.46. The molecule has 0 amide bonds. The van der Waals surface area contributed by atoms with E-state index in [0.717, 1.165) is 22.6 Å². The number of aliphatic hydroxyl groups excluding tert-OH is 1. The average molecular weight is 324 g/mol. The van der Waals surface area contributed by atoms with Gasteiger partial charge in [0.1, 0.15) is 18.5 Å². The molecule has 0 saturated heterocycles. The third kappa shape index (κ3) is 4.41. The van der Waals surface area contributed by atoms with E-state index in [-0.39, 0.29) is 6.61 Å². The summed E-state index contributed by atoms with van der Waals surface area (Å²) in [5.74, 6) is 0.755. The zero-order valence-corrected chi connectivity index (χ0v) is 13.2. The first kappa shape index (κ1) is 16.2. The molecule has 6 nitrogen and oxygen atoms in total. The summed E-state index contributed by atoms with van der Waals surface area (Å²) in [5.41, 5.74) is 2.95. The minimum Gasteiger partial charge on any atom is -0.491 e. The van der Waals surface area contributed by atoms with E-state index < -0.39 is 6.10 Å². The lowest BCUT2D eigenvalue weighted by atomic mass is 10.1. The van der Waals surface area contributed by atoms with Crippen molar-refractivity contribution in [2.75, 3.05) is 13.2 Å². The van der Waals surface area contributed by atoms with E-state index in [9.17, 15) is 5.11 Å². The molecule has 24 heavy (non-hydrogen) atoms. The van der Waals surface area contributed by atoms with Crippen molar-refractivity contribution in [3.05, 3.63) is 66.6 Å². The minimum absolute atomic E-state index is 0.248. The van der Waals surface area contributed by atoms with Crippen LogP contribution in [0.3, 0.4) is 0 Å². The Hall–Kier alpha value is -2.70. The fraction of sp³-hybridized carbons (Fsp3) is 0.222. The van der Waals surface area contributed by atoms with Crippen LogP contribution in [0.15, 0.2) is 61.1 Å². The van der Waals surface area contributed by atoms with Crippen molar-refractivity contribution in [2.24, 2.45) is 0 Å². The third-order valence-electron chi connectivity index (χ3n) is 3.55. The number of hydrogen-bond acceptors (Lipinski definition) is 5. The van der Waals surface area contributed by atoms with E-state index >= 15 is 0 Å². The zero-order valence-electron chi connectivity index (χ0n) is 13.2. The highest BCUT2D eigenvalue weighted by molar-refractivity contribution is 5.61. The summed E-state index contributed by atoms with van der Waals surface area (Å²) in [7, 11) is 0. The topological polar surface area (TPSA) is 83.1 Å². The van der Waals surface area contributed by atoms with Crippen molar-refractivity contribution in [1.29, 1.82) is 0 Å². The quantitative estimate of drug-likeness (QED) is 0.590. The summed E-state index contributed by atoms with van der Waals surface area (Å²) in [5, 5.41) is 20.3. The van der Waals surface area contributed by atoms with Gasteiger partial charge in [-0.15, -0.1) is 0 Å². The van der Waals surface area contributed by atoms with Crippen LogP contribution in [0.5, 0.6) is 5.75 Å². The highest BCUT2D eigenvalue weighted by atomic mass is 16.5. The fourth-order valence-corrected chi connectivity index (χ4v) is 2.35. The summed E-state index contributed by atoms with van der Waals surface area (Å²) < 4.78 is 5.53. The molecule has 3 rings (SSSR count). The molecule has 0 spiro atoms. The van der Waals surface area contributed by atoms with Gasteiger partial charge in [0.25, 0.3) is 0 Å². The van der Waals surface area contributed by atoms with Gasteiger partial charge in [0.15, 0.2) is 0 Å². The molecule has 2 aromatic heterocycles. The molecule has 0 fully saturated rings. The second kappa shape index (κ2) is 8.24. The lowest BCUT2D eigenvalue weighted by Gasteiger charge is -2.13. The van der Waals surface area contributed by atoms with Crippen molar-refractivity contribution >= 4 is 0 Å². The number of nitrogens with one attached hydrogen (secondary N) is 2. The van der Waals surface area contributed by atoms with Crippen LogP contribution in [0.4, 0.5) is 0 Å². The molecule has 0 saturated carbocycles. The molecule has 0 aliphatic carbocycles. The normalized spacial score (nSPS) is 12.0. The first-order chi connectivity index (χ1) is 11.8. The maximum Gasteiger partial charge on any atom is 0.119 e. The molecule has 0 aliphatic rings. The van der Waals surface area contributed by atoms with E-state index in [1.807, 2.05) is 42.5 Å². The number of benzene rings is 1. The average Bonchev–Trinajstić information content (AvgIpc) is 3.10. The number of nitrogens with zero attached hydrogens (tertiary/aromatic N) is 2. The van der Waals surface area contributed by atoms with Crippen LogP contribution in [-0.2, 0) is 6.54 Å². The first-order valence-electron chi connectivity index (χ1n) is 7.82. The lowest BCUT2D eigenvalue weighted by Crippen LogP contribution is -2.31. The molecule has 124 valence electrons. The maximum atomic E-state index is 10.0. The highest BCUT2D eigenvalue weighted by Crippen LogP contribution is 2.19. The Morgan fingerprint density at radius 3 is 2.79 bits per heavy atom. The predicted octanol–water partition coefficient (Wildman–Crippen LogP) is 2.00. The first-order valence-corrected chi connectivity index (χ1v) is 7.82. The molecule has 1 aromatic carbocycles. The Morgan fingerprint density at radius 2 is 2.00 bits per heavy atom. The summed E-state index contributed by atoms with van der Waals surface area (Å²) >= 11 is 0. The van der Waals surface area contributed by atoms with Gasteiger partial charge in [-0.2, -0.15) is 5.10 Å². The van der Waals surface area contributed by atoms with Crippen LogP contribution in [0.1, 0.15) is 5.56 Å². The van der Waals surface area contributed by atoms with E-state index in [4.69, 9.17) is 4.74 Å². The van der Waals surface area contributed by atoms with Gasteiger partial charge < -0.3 is 15.2 Å². The number of rotatable bonds is 8. The van der Waals surface area contributed by atoms with E-state index in [2.05, 4.69) is 20.5 Å². The SMILES string of the molecule is OC(CNCc1cn[nH]c1-c1cccnc1)COc1ccccc1. The number of aliphatic hydroxyl groups is 1. The van der Waals surface area contributed by atoms with Gasteiger partial charge in [-0.05, 0) is 24.3 Å². The highest BCUT2D eigenvalue weighted by Gasteiger charge is 2.09. The molecule has 0 bridgehead atoms. The summed E-state index contributed by atoms with van der Waals surface area (Å²) in [6, 6.07) is 13.3. The van der Waals surface area contributed by atoms with Gasteiger partial charge >= 0.3 is 0 Å². The number of para-hydroxylation sites is 1. The van der Waals surface area contributed by atoms with Gasteiger partial charge in [0.05, 0.1) is 11.9 Å². The Bertz CT molecular complexity index is 731. The summed E-state index contributed by atoms with van der Waals surface area (Å²) in [6.45, 7) is 1.28. The standard InChI is InChI=1S/C18H20N4O2/c23-16(13-24-17-6-2-1-3-7-17)12-20-10-15-11-21-22-18(15)14-5-4-8-19-9-14/h1-9,11,16,20,23H,10,12-13H2,(H,21,22). The Labute approximate surface area is 140 Å². The number of pyridine rings is 1. The maximum absolute atomic E-state index is 10.0. The zero-order chi connectivity index (χ0) is 16.6. The largest absolute Gasteiger partial charge is 0.491 e. The molecular formula is C18H20N4O2. The van der Waals surface area contributed by atoms with Gasteiger partial charge in [0.2, 0.25) is 0 Å². The Morgan fingerprint density at radius 1 is 1.12 bits per heavy atom. The molecular weight excluding hydrogens is 304 g/mol. The second-order valence-electron chi connectivity index (χ2n) is 5.42. The smallest absolute Gasteiger partial charge is 0.119 e. The van der Waals surface area contributed by atoms with E-state index in [0.29, 0.717) is 13.1 Å². The number of ether oxygens (including phenoxy) is 1. The number of aromatic amines is 1. The van der Waals surface area contributed by atoms with Gasteiger partial charge in [-0.25, -0.2) is 0 Å². The van der Waals surface area contributed by atoms with Crippen LogP contribution in [0.2, 0.25) is 0 Å². The van der Waals surface area contributed by atoms with Crippen LogP contribution in [0.25, 0.3) is 11.3 Å². The number of hydrogen-bond donors (Lipinski definition) is 3. The molecule has 0 radical (unpaired) electrons. The molecule has 3 N–H and O–H groups in total. The van der Waals surface area contributed by atoms with Crippen LogP contribution in [0, 0.1) is 0 Å². The van der Waals surface area contributed by atoms with Crippen molar-refractivity contribution in [3.63, 3.8) is 0 Å². The Kier molecular flexibility index (Phi) is 5.55. The minimum atomic E-state index is -0.584. The van der Waals surface area contributed by atoms with Crippen LogP contribution < -0.4 is 10.1 Å². The summed E-state index contributed by atoms with van der Waals surface area (Å²) in [4.78, 5) is 4.12. The van der Waals surface area contributed by atoms with E-state index in [1.165, 1.54) is 0 Å². The van der Waals surface area contributed by atoms with Crippen molar-refractivity contribution in [1.82, 2.24) is 20.5 Å². The summed E-state index contributed by atoms with van der Waals surface area (Å²) in [6.07, 6.45) is 4.72. The predicted molar refractivity (Wildman–Crippen MR) is 91.5 cm³/mol. The third-order valence-corrected chi connectivity index (χ3v) is 3.55. The van der Waals surface area contributed by atoms with Gasteiger partial charge in [0, 0.05) is 36.6 Å². The molecule has 0 aliphatic heterocycles. The fourth-order valence-electron chi connectivity index (χ4n) is 2.35. The van der Waals surface area contributed by atoms with Crippen molar-refractivity contribution < 1.29 is 9.84 Å². The van der Waals surface area contributed by atoms with Gasteiger partial charge in [-0.3, -0.25) is 10.1 Å². The molecule has 3 aromatic rings. The molecule has 1 atom stereocenters. The van der Waals surface area contributed by atoms with Crippen LogP contribution in [-0.4, -0.2) is 39.5 Å².